The zero-order chi connectivity index (χ0) is 29.0. The van der Waals surface area contributed by atoms with E-state index in [1.165, 1.54) is 16.7 Å². The van der Waals surface area contributed by atoms with Crippen LogP contribution in [0.4, 0.5) is 0 Å². The van der Waals surface area contributed by atoms with Crippen LogP contribution in [0.25, 0.3) is 61.5 Å². The van der Waals surface area contributed by atoms with Crippen molar-refractivity contribution in [3.63, 3.8) is 0 Å². The van der Waals surface area contributed by atoms with Crippen molar-refractivity contribution in [3.05, 3.63) is 164 Å². The molecule has 0 spiro atoms. The summed E-state index contributed by atoms with van der Waals surface area (Å²) in [5.41, 5.74) is 10.3. The smallest absolute Gasteiger partial charge is 0.0774 e. The first-order valence-corrected chi connectivity index (χ1v) is 14.2. The van der Waals surface area contributed by atoms with Crippen LogP contribution in [0.2, 0.25) is 0 Å². The first-order valence-electron chi connectivity index (χ1n) is 14.2. The molecule has 5 aromatic carbocycles. The topological polar surface area (TPSA) is 43.9 Å². The number of furan rings is 1. The van der Waals surface area contributed by atoms with Crippen LogP contribution in [0.5, 0.6) is 0 Å². The number of para-hydroxylation sites is 2. The summed E-state index contributed by atoms with van der Waals surface area (Å²) >= 11 is 0. The molecule has 0 atom stereocenters. The third kappa shape index (κ3) is 5.89. The summed E-state index contributed by atoms with van der Waals surface area (Å²) in [4.78, 5) is 9.18. The molecule has 215 valence electrons. The summed E-state index contributed by atoms with van der Waals surface area (Å²) in [5, 5.41) is 1.03. The number of benzene rings is 5. The van der Waals surface area contributed by atoms with Gasteiger partial charge in [0.05, 0.1) is 16.9 Å². The summed E-state index contributed by atoms with van der Waals surface area (Å²) < 4.78 is 7.93. The van der Waals surface area contributed by atoms with E-state index in [1.807, 2.05) is 72.8 Å². The molecule has 0 bridgehead atoms. The molecular weight excluding hydrogens is 719 g/mol. The zero-order valence-electron chi connectivity index (χ0n) is 23.9. The Bertz CT molecular complexity index is 2080. The van der Waals surface area contributed by atoms with Gasteiger partial charge in [-0.25, -0.2) is 0 Å². The second-order valence-electron chi connectivity index (χ2n) is 10.2. The van der Waals surface area contributed by atoms with Crippen LogP contribution in [0.1, 0.15) is 5.56 Å². The van der Waals surface area contributed by atoms with Crippen LogP contribution in [-0.4, -0.2) is 14.5 Å². The molecule has 0 unspecified atom stereocenters. The maximum atomic E-state index is 5.74. The predicted molar refractivity (Wildman–Crippen MR) is 174 cm³/mol. The summed E-state index contributed by atoms with van der Waals surface area (Å²) in [5.74, 6) is 0.831. The molecule has 0 fully saturated rings. The largest absolute Gasteiger partial charge is 0.557 e. The van der Waals surface area contributed by atoms with Gasteiger partial charge in [0.15, 0.2) is 0 Å². The Morgan fingerprint density at radius 1 is 0.705 bits per heavy atom. The van der Waals surface area contributed by atoms with Gasteiger partial charge >= 0.3 is 0 Å². The van der Waals surface area contributed by atoms with Crippen molar-refractivity contribution in [1.82, 2.24) is 14.5 Å². The minimum absolute atomic E-state index is 0. The number of rotatable bonds is 4. The number of nitrogens with zero attached hydrogens (tertiary/aromatic N) is 3. The Balaban J connectivity index is 0.000000222. The number of aromatic nitrogens is 3. The Hall–Kier alpha value is -5.09. The monoisotopic (exact) mass is 746 g/mol. The Morgan fingerprint density at radius 2 is 1.45 bits per heavy atom. The molecule has 0 saturated heterocycles. The van der Waals surface area contributed by atoms with Crippen LogP contribution in [-0.2, 0) is 20.1 Å². The molecule has 3 heterocycles. The van der Waals surface area contributed by atoms with E-state index in [0.29, 0.717) is 0 Å². The molecule has 8 aromatic rings. The SMILES string of the molecule is Cc1ccc2o[c-]c(-c3nc4ccccc4n3-c3ccc(-c4ccccc4)cc3)c2c1.[Ir].[c-]1ccccc1-c1ccccn1. The number of fused-ring (bicyclic) bond motifs is 2. The maximum Gasteiger partial charge on any atom is 0.0774 e. The summed E-state index contributed by atoms with van der Waals surface area (Å²) in [7, 11) is 0. The van der Waals surface area contributed by atoms with Crippen molar-refractivity contribution in [3.8, 4) is 39.5 Å². The van der Waals surface area contributed by atoms with Crippen LogP contribution < -0.4 is 0 Å². The molecule has 0 amide bonds. The third-order valence-corrected chi connectivity index (χ3v) is 7.33. The predicted octanol–water partition coefficient (Wildman–Crippen LogP) is 9.76. The minimum atomic E-state index is 0. The fourth-order valence-electron chi connectivity index (χ4n) is 5.22. The molecule has 3 aromatic heterocycles. The quantitative estimate of drug-likeness (QED) is 0.169. The van der Waals surface area contributed by atoms with Gasteiger partial charge < -0.3 is 14.0 Å². The average Bonchev–Trinajstić information content (AvgIpc) is 3.67. The minimum Gasteiger partial charge on any atom is -0.557 e. The maximum absolute atomic E-state index is 5.74. The number of aryl methyl sites for hydroxylation is 1. The summed E-state index contributed by atoms with van der Waals surface area (Å²) in [6.45, 7) is 2.08. The molecule has 0 saturated carbocycles. The van der Waals surface area contributed by atoms with Gasteiger partial charge in [0, 0.05) is 43.8 Å². The van der Waals surface area contributed by atoms with Crippen molar-refractivity contribution >= 4 is 22.0 Å². The first-order chi connectivity index (χ1) is 21.2. The first kappa shape index (κ1) is 29.0. The Kier molecular flexibility index (Phi) is 8.60. The second kappa shape index (κ2) is 13.0. The molecule has 1 radical (unpaired) electrons. The van der Waals surface area contributed by atoms with Gasteiger partial charge in [0.25, 0.3) is 0 Å². The van der Waals surface area contributed by atoms with Crippen molar-refractivity contribution in [1.29, 1.82) is 0 Å². The van der Waals surface area contributed by atoms with Gasteiger partial charge in [-0.2, -0.15) is 0 Å². The van der Waals surface area contributed by atoms with E-state index in [0.717, 1.165) is 50.3 Å². The molecule has 0 aliphatic carbocycles. The van der Waals surface area contributed by atoms with Gasteiger partial charge in [0.1, 0.15) is 0 Å². The summed E-state index contributed by atoms with van der Waals surface area (Å²) in [6.07, 6.45) is 4.90. The number of pyridine rings is 1. The molecule has 8 rings (SSSR count). The van der Waals surface area contributed by atoms with Crippen LogP contribution in [0.15, 0.2) is 150 Å². The average molecular weight is 746 g/mol. The van der Waals surface area contributed by atoms with E-state index in [9.17, 15) is 0 Å². The van der Waals surface area contributed by atoms with Gasteiger partial charge in [0.2, 0.25) is 0 Å². The van der Waals surface area contributed by atoms with E-state index in [4.69, 9.17) is 9.40 Å². The molecular formula is C39H27IrN3O-2. The van der Waals surface area contributed by atoms with E-state index in [-0.39, 0.29) is 20.1 Å². The molecule has 0 aliphatic rings. The molecule has 0 N–H and O–H groups in total. The van der Waals surface area contributed by atoms with Crippen molar-refractivity contribution < 1.29 is 24.5 Å². The van der Waals surface area contributed by atoms with Crippen LogP contribution in [0.3, 0.4) is 0 Å². The van der Waals surface area contributed by atoms with Gasteiger partial charge in [-0.05, 0) is 54.1 Å². The molecule has 5 heteroatoms. The van der Waals surface area contributed by atoms with Gasteiger partial charge in [-0.1, -0.05) is 101 Å². The van der Waals surface area contributed by atoms with Gasteiger partial charge in [-0.15, -0.1) is 35.9 Å². The van der Waals surface area contributed by atoms with Gasteiger partial charge in [-0.3, -0.25) is 4.98 Å². The van der Waals surface area contributed by atoms with Crippen LogP contribution in [0, 0.1) is 19.3 Å². The van der Waals surface area contributed by atoms with E-state index in [2.05, 4.69) is 95.5 Å². The molecule has 0 aliphatic heterocycles. The van der Waals surface area contributed by atoms with E-state index >= 15 is 0 Å². The zero-order valence-corrected chi connectivity index (χ0v) is 26.3. The fourth-order valence-corrected chi connectivity index (χ4v) is 5.22. The number of hydrogen-bond acceptors (Lipinski definition) is 3. The number of imidazole rings is 1. The normalized spacial score (nSPS) is 10.7. The Labute approximate surface area is 270 Å². The van der Waals surface area contributed by atoms with E-state index in [1.54, 1.807) is 6.20 Å². The second-order valence-corrected chi connectivity index (χ2v) is 10.2. The third-order valence-electron chi connectivity index (χ3n) is 7.33. The summed E-state index contributed by atoms with van der Waals surface area (Å²) in [6, 6.07) is 50.2. The molecule has 4 nitrogen and oxygen atoms in total. The number of hydrogen-bond donors (Lipinski definition) is 0. The molecule has 44 heavy (non-hydrogen) atoms. The van der Waals surface area contributed by atoms with Crippen LogP contribution >= 0.6 is 0 Å². The van der Waals surface area contributed by atoms with Crippen molar-refractivity contribution in [2.75, 3.05) is 0 Å². The Morgan fingerprint density at radius 3 is 2.23 bits per heavy atom. The van der Waals surface area contributed by atoms with E-state index < -0.39 is 0 Å². The fraction of sp³-hybridized carbons (Fsp3) is 0.0256. The van der Waals surface area contributed by atoms with Crippen molar-refractivity contribution in [2.45, 2.75) is 6.92 Å². The van der Waals surface area contributed by atoms with Crippen molar-refractivity contribution in [2.24, 2.45) is 0 Å². The standard InChI is InChI=1S/C28H19N2O.C11H8N.Ir/c1-19-11-16-27-23(17-19)24(18-31-27)28-29-25-9-5-6-10-26(25)30(28)22-14-12-21(13-15-22)20-7-3-2-4-8-20;1-2-6-10(7-3-1)11-8-4-5-9-12-11;/h2-17H,1H3;1-6,8-9H;/q2*-1;.